The summed E-state index contributed by atoms with van der Waals surface area (Å²) in [6.45, 7) is -3.01. The highest BCUT2D eigenvalue weighted by atomic mass is 35.5. The molecule has 30 heavy (non-hydrogen) atoms. The highest BCUT2D eigenvalue weighted by Crippen LogP contribution is 2.49. The van der Waals surface area contributed by atoms with Crippen LogP contribution in [0.3, 0.4) is 0 Å². The predicted octanol–water partition coefficient (Wildman–Crippen LogP) is 4.88. The summed E-state index contributed by atoms with van der Waals surface area (Å²) >= 11 is 6.14. The molecule has 0 saturated carbocycles. The lowest BCUT2D eigenvalue weighted by Gasteiger charge is -2.30. The lowest BCUT2D eigenvalue weighted by molar-refractivity contribution is -0.0496. The van der Waals surface area contributed by atoms with Gasteiger partial charge >= 0.3 is 6.61 Å². The summed E-state index contributed by atoms with van der Waals surface area (Å²) in [5.41, 5.74) is 2.73. The molecule has 4 rings (SSSR count). The van der Waals surface area contributed by atoms with Gasteiger partial charge in [-0.2, -0.15) is 8.78 Å². The largest absolute Gasteiger partial charge is 0.480 e. The number of fused-ring (bicyclic) bond motifs is 3. The van der Waals surface area contributed by atoms with E-state index in [1.165, 1.54) is 6.07 Å². The maximum Gasteiger partial charge on any atom is 0.387 e. The second-order valence-corrected chi connectivity index (χ2v) is 8.84. The number of ether oxygens (including phenoxy) is 2. The third-order valence-corrected chi connectivity index (χ3v) is 5.61. The molecule has 3 aromatic carbocycles. The van der Waals surface area contributed by atoms with Crippen LogP contribution in [0.25, 0.3) is 11.1 Å². The third kappa shape index (κ3) is 4.26. The summed E-state index contributed by atoms with van der Waals surface area (Å²) < 4.78 is 59.8. The lowest BCUT2D eigenvalue weighted by Crippen LogP contribution is -2.18. The molecular formula is C21H16ClF2NO4S. The van der Waals surface area contributed by atoms with Gasteiger partial charge in [-0.3, -0.25) is 0 Å². The van der Waals surface area contributed by atoms with Crippen molar-refractivity contribution in [3.8, 4) is 22.6 Å². The summed E-state index contributed by atoms with van der Waals surface area (Å²) in [6.07, 6.45) is -0.631. The molecule has 5 nitrogen and oxygen atoms in total. The summed E-state index contributed by atoms with van der Waals surface area (Å²) in [5, 5.41) is 5.68. The van der Waals surface area contributed by atoms with Crippen LogP contribution in [0.5, 0.6) is 11.5 Å². The molecule has 1 atom stereocenters. The molecule has 1 heterocycles. The molecule has 0 saturated heterocycles. The minimum atomic E-state index is -3.76. The Morgan fingerprint density at radius 3 is 2.57 bits per heavy atom. The third-order valence-electron chi connectivity index (χ3n) is 4.64. The number of alkyl halides is 2. The molecule has 1 aliphatic rings. The van der Waals surface area contributed by atoms with Crippen molar-refractivity contribution in [3.63, 3.8) is 0 Å². The fraction of sp³-hybridized carbons (Fsp3) is 0.143. The first-order valence-electron chi connectivity index (χ1n) is 8.85. The molecule has 0 radical (unpaired) electrons. The van der Waals surface area contributed by atoms with E-state index in [1.807, 2.05) is 6.07 Å². The van der Waals surface area contributed by atoms with Gasteiger partial charge in [-0.05, 0) is 41.0 Å². The fourth-order valence-corrected chi connectivity index (χ4v) is 4.40. The van der Waals surface area contributed by atoms with Crippen LogP contribution >= 0.6 is 11.6 Å². The maximum absolute atomic E-state index is 12.9. The van der Waals surface area contributed by atoms with E-state index in [-0.39, 0.29) is 11.5 Å². The number of nitrogens with two attached hydrogens (primary N) is 1. The first kappa shape index (κ1) is 20.6. The van der Waals surface area contributed by atoms with Crippen molar-refractivity contribution >= 4 is 21.6 Å². The van der Waals surface area contributed by atoms with Gasteiger partial charge in [0, 0.05) is 10.6 Å². The van der Waals surface area contributed by atoms with Crippen molar-refractivity contribution in [1.82, 2.24) is 0 Å². The Balaban J connectivity index is 1.92. The smallest absolute Gasteiger partial charge is 0.387 e. The summed E-state index contributed by atoms with van der Waals surface area (Å²) in [5.74, 6) is -0.0396. The van der Waals surface area contributed by atoms with Crippen LogP contribution < -0.4 is 14.6 Å². The molecule has 0 spiro atoms. The molecule has 156 valence electrons. The molecule has 1 aliphatic heterocycles. The molecule has 0 aromatic heterocycles. The van der Waals surface area contributed by atoms with Crippen LogP contribution in [0, 0.1) is 0 Å². The Labute approximate surface area is 177 Å². The normalized spacial score (nSPS) is 15.3. The number of hydrogen-bond acceptors (Lipinski definition) is 4. The summed E-state index contributed by atoms with van der Waals surface area (Å²) in [7, 11) is -3.76. The molecule has 0 amide bonds. The molecule has 0 aliphatic carbocycles. The molecule has 2 N–H and O–H groups in total. The van der Waals surface area contributed by atoms with Crippen LogP contribution in [-0.4, -0.2) is 15.0 Å². The van der Waals surface area contributed by atoms with Crippen LogP contribution in [-0.2, 0) is 15.8 Å². The van der Waals surface area contributed by atoms with Gasteiger partial charge < -0.3 is 9.47 Å². The van der Waals surface area contributed by atoms with Crippen molar-refractivity contribution in [3.05, 3.63) is 82.4 Å². The second-order valence-electron chi connectivity index (χ2n) is 6.79. The van der Waals surface area contributed by atoms with Crippen LogP contribution in [0.4, 0.5) is 8.78 Å². The van der Waals surface area contributed by atoms with Crippen molar-refractivity contribution in [1.29, 1.82) is 0 Å². The van der Waals surface area contributed by atoms with E-state index >= 15 is 0 Å². The van der Waals surface area contributed by atoms with E-state index in [2.05, 4.69) is 0 Å². The standard InChI is InChI=1S/C21H16ClF2NO4S/c22-14-4-1-3-13(10-14)20-16-9-12(11-30(25,26)27)7-8-15(16)19-17(28-20)5-2-6-18(19)29-21(23)24/h1-10,20-21H,11H2,(H2,25,26,27). The van der Waals surface area contributed by atoms with Crippen molar-refractivity contribution in [2.24, 2.45) is 5.14 Å². The highest BCUT2D eigenvalue weighted by molar-refractivity contribution is 7.88. The lowest BCUT2D eigenvalue weighted by atomic mass is 9.88. The number of halogens is 3. The fourth-order valence-electron chi connectivity index (χ4n) is 3.56. The number of primary sulfonamides is 1. The van der Waals surface area contributed by atoms with Gasteiger partial charge in [-0.15, -0.1) is 0 Å². The number of rotatable bonds is 5. The Kier molecular flexibility index (Phi) is 5.40. The van der Waals surface area contributed by atoms with E-state index in [1.54, 1.807) is 48.5 Å². The Morgan fingerprint density at radius 1 is 1.10 bits per heavy atom. The average Bonchev–Trinajstić information content (AvgIpc) is 2.65. The predicted molar refractivity (Wildman–Crippen MR) is 109 cm³/mol. The zero-order chi connectivity index (χ0) is 21.5. The molecule has 9 heteroatoms. The number of sulfonamides is 1. The van der Waals surface area contributed by atoms with Crippen LogP contribution in [0.1, 0.15) is 22.8 Å². The quantitative estimate of drug-likeness (QED) is 0.599. The zero-order valence-electron chi connectivity index (χ0n) is 15.4. The first-order chi connectivity index (χ1) is 14.2. The van der Waals surface area contributed by atoms with Gasteiger partial charge in [0.25, 0.3) is 0 Å². The summed E-state index contributed by atoms with van der Waals surface area (Å²) in [4.78, 5) is 0. The molecule has 0 bridgehead atoms. The van der Waals surface area contributed by atoms with E-state index < -0.39 is 22.7 Å². The Morgan fingerprint density at radius 2 is 1.87 bits per heavy atom. The Bertz CT molecular complexity index is 1220. The molecular weight excluding hydrogens is 436 g/mol. The van der Waals surface area contributed by atoms with Crippen molar-refractivity contribution < 1.29 is 26.7 Å². The van der Waals surface area contributed by atoms with Gasteiger partial charge in [-0.1, -0.05) is 48.0 Å². The zero-order valence-corrected chi connectivity index (χ0v) is 17.0. The van der Waals surface area contributed by atoms with Gasteiger partial charge in [0.05, 0.1) is 11.3 Å². The number of benzene rings is 3. The second kappa shape index (κ2) is 7.86. The summed E-state index contributed by atoms with van der Waals surface area (Å²) in [6, 6.07) is 16.6. The SMILES string of the molecule is NS(=O)(=O)Cc1ccc2c(c1)C(c1cccc(Cl)c1)Oc1cccc(OC(F)F)c1-2. The van der Waals surface area contributed by atoms with Gasteiger partial charge in [0.2, 0.25) is 10.0 Å². The Hall–Kier alpha value is -2.68. The van der Waals surface area contributed by atoms with Crippen LogP contribution in [0.15, 0.2) is 60.7 Å². The van der Waals surface area contributed by atoms with E-state index in [4.69, 9.17) is 26.2 Å². The van der Waals surface area contributed by atoms with Gasteiger partial charge in [0.1, 0.15) is 17.6 Å². The van der Waals surface area contributed by atoms with Gasteiger partial charge in [0.15, 0.2) is 0 Å². The number of hydrogen-bond donors (Lipinski definition) is 1. The van der Waals surface area contributed by atoms with Crippen LogP contribution in [0.2, 0.25) is 5.02 Å². The molecule has 3 aromatic rings. The minimum absolute atomic E-state index is 0.0347. The average molecular weight is 452 g/mol. The van der Waals surface area contributed by atoms with E-state index in [0.29, 0.717) is 33.0 Å². The van der Waals surface area contributed by atoms with Gasteiger partial charge in [-0.25, -0.2) is 13.6 Å². The highest BCUT2D eigenvalue weighted by Gasteiger charge is 2.31. The first-order valence-corrected chi connectivity index (χ1v) is 10.9. The van der Waals surface area contributed by atoms with E-state index in [9.17, 15) is 17.2 Å². The monoisotopic (exact) mass is 451 g/mol. The minimum Gasteiger partial charge on any atom is -0.480 e. The maximum atomic E-state index is 12.9. The molecule has 0 fully saturated rings. The van der Waals surface area contributed by atoms with Crippen molar-refractivity contribution in [2.45, 2.75) is 18.5 Å². The van der Waals surface area contributed by atoms with Crippen molar-refractivity contribution in [2.75, 3.05) is 0 Å². The van der Waals surface area contributed by atoms with E-state index in [0.717, 1.165) is 5.56 Å². The molecule has 1 unspecified atom stereocenters. The topological polar surface area (TPSA) is 78.6 Å².